The molecule has 4 aromatic carbocycles. The molecule has 0 aliphatic rings. The normalized spacial score (nSPS) is 11.9. The van der Waals surface area contributed by atoms with Crippen LogP contribution < -0.4 is 9.62 Å². The Morgan fingerprint density at radius 2 is 1.33 bits per heavy atom. The minimum atomic E-state index is -4.20. The molecule has 0 aliphatic carbocycles. The largest absolute Gasteiger partial charge is 0.354 e. The maximum atomic E-state index is 14.3. The molecule has 0 aliphatic heterocycles. The molecule has 9 heteroatoms. The van der Waals surface area contributed by atoms with Gasteiger partial charge in [-0.15, -0.1) is 0 Å². The smallest absolute Gasteiger partial charge is 0.264 e. The van der Waals surface area contributed by atoms with Gasteiger partial charge in [0, 0.05) is 19.5 Å². The lowest BCUT2D eigenvalue weighted by Crippen LogP contribution is -2.53. The third kappa shape index (κ3) is 7.78. The molecule has 0 radical (unpaired) electrons. The first-order chi connectivity index (χ1) is 20.3. The summed E-state index contributed by atoms with van der Waals surface area (Å²) in [5.41, 5.74) is 1.85. The molecule has 0 saturated heterocycles. The number of rotatable bonds is 13. The number of hydrogen-bond acceptors (Lipinski definition) is 4. The monoisotopic (exact) mass is 603 g/mol. The molecular weight excluding hydrogens is 570 g/mol. The molecule has 1 N–H and O–H groups in total. The van der Waals surface area contributed by atoms with E-state index in [-0.39, 0.29) is 34.5 Å². The Labute approximate surface area is 252 Å². The van der Waals surface area contributed by atoms with Gasteiger partial charge >= 0.3 is 0 Å². The molecule has 218 valence electrons. The second-order valence-corrected chi connectivity index (χ2v) is 12.0. The van der Waals surface area contributed by atoms with Gasteiger partial charge in [0.1, 0.15) is 12.6 Å². The quantitative estimate of drug-likeness (QED) is 0.212. The molecule has 0 fully saturated rings. The Hall–Kier alpha value is -4.14. The van der Waals surface area contributed by atoms with Gasteiger partial charge < -0.3 is 10.2 Å². The maximum Gasteiger partial charge on any atom is 0.264 e. The number of halogens is 1. The van der Waals surface area contributed by atoms with E-state index in [2.05, 4.69) is 5.32 Å². The number of para-hydroxylation sites is 1. The van der Waals surface area contributed by atoms with Crippen LogP contribution in [0.5, 0.6) is 0 Å². The van der Waals surface area contributed by atoms with Crippen molar-refractivity contribution in [3.63, 3.8) is 0 Å². The van der Waals surface area contributed by atoms with E-state index >= 15 is 0 Å². The summed E-state index contributed by atoms with van der Waals surface area (Å²) in [4.78, 5) is 29.4. The molecular formula is C33H34ClN3O4S. The highest BCUT2D eigenvalue weighted by molar-refractivity contribution is 7.92. The summed E-state index contributed by atoms with van der Waals surface area (Å²) in [5, 5.41) is 3.12. The van der Waals surface area contributed by atoms with Crippen molar-refractivity contribution in [1.29, 1.82) is 0 Å². The Morgan fingerprint density at radius 3 is 1.93 bits per heavy atom. The van der Waals surface area contributed by atoms with Crippen LogP contribution in [0.25, 0.3) is 0 Å². The molecule has 4 aromatic rings. The van der Waals surface area contributed by atoms with Crippen LogP contribution in [0.2, 0.25) is 5.02 Å². The number of amides is 2. The third-order valence-corrected chi connectivity index (χ3v) is 8.84. The number of sulfonamides is 1. The van der Waals surface area contributed by atoms with Crippen LogP contribution in [-0.4, -0.2) is 44.3 Å². The lowest BCUT2D eigenvalue weighted by molar-refractivity contribution is -0.140. The first-order valence-corrected chi connectivity index (χ1v) is 15.6. The van der Waals surface area contributed by atoms with Crippen molar-refractivity contribution in [1.82, 2.24) is 10.2 Å². The first kappa shape index (κ1) is 30.8. The summed E-state index contributed by atoms with van der Waals surface area (Å²) in [7, 11) is -4.20. The van der Waals surface area contributed by atoms with Crippen molar-refractivity contribution in [3.8, 4) is 0 Å². The highest BCUT2D eigenvalue weighted by Crippen LogP contribution is 2.31. The van der Waals surface area contributed by atoms with Crippen molar-refractivity contribution in [2.75, 3.05) is 17.4 Å². The van der Waals surface area contributed by atoms with Crippen LogP contribution in [0.4, 0.5) is 5.69 Å². The van der Waals surface area contributed by atoms with Gasteiger partial charge in [-0.05, 0) is 41.8 Å². The molecule has 0 saturated carbocycles. The number of nitrogens with zero attached hydrogens (tertiary/aromatic N) is 2. The van der Waals surface area contributed by atoms with Gasteiger partial charge in [0.25, 0.3) is 10.0 Å². The predicted octanol–water partition coefficient (Wildman–Crippen LogP) is 5.70. The second-order valence-electron chi connectivity index (χ2n) is 9.78. The maximum absolute atomic E-state index is 14.3. The zero-order valence-electron chi connectivity index (χ0n) is 23.4. The standard InChI is InChI=1S/C33H34ClN3O4S/c1-2-22-35-33(39)31(23-26-14-6-3-7-15-26)36(24-27-16-8-4-9-17-27)32(38)25-37(30-21-13-12-20-29(30)34)42(40,41)28-18-10-5-11-19-28/h3-21,31H,2,22-25H2,1H3,(H,35,39)/t31-/m1/s1. The number of anilines is 1. The average molecular weight is 604 g/mol. The Morgan fingerprint density at radius 1 is 0.786 bits per heavy atom. The molecule has 42 heavy (non-hydrogen) atoms. The lowest BCUT2D eigenvalue weighted by atomic mass is 10.0. The van der Waals surface area contributed by atoms with Crippen LogP contribution in [0, 0.1) is 0 Å². The number of carbonyl (C=O) groups excluding carboxylic acids is 2. The van der Waals surface area contributed by atoms with Gasteiger partial charge in [-0.1, -0.05) is 110 Å². The van der Waals surface area contributed by atoms with E-state index in [1.807, 2.05) is 67.6 Å². The van der Waals surface area contributed by atoms with Crippen molar-refractivity contribution in [2.24, 2.45) is 0 Å². The zero-order chi connectivity index (χ0) is 30.0. The van der Waals surface area contributed by atoms with Gasteiger partial charge in [0.15, 0.2) is 0 Å². The van der Waals surface area contributed by atoms with Crippen LogP contribution in [0.3, 0.4) is 0 Å². The number of nitrogens with one attached hydrogen (secondary N) is 1. The summed E-state index contributed by atoms with van der Waals surface area (Å²) in [6.45, 7) is 1.96. The molecule has 0 aromatic heterocycles. The summed E-state index contributed by atoms with van der Waals surface area (Å²) in [6, 6.07) is 32.3. The summed E-state index contributed by atoms with van der Waals surface area (Å²) < 4.78 is 28.9. The van der Waals surface area contributed by atoms with Crippen LogP contribution in [-0.2, 0) is 32.6 Å². The fraction of sp³-hybridized carbons (Fsp3) is 0.212. The van der Waals surface area contributed by atoms with E-state index in [0.717, 1.165) is 21.9 Å². The molecule has 0 bridgehead atoms. The molecule has 0 heterocycles. The summed E-state index contributed by atoms with van der Waals surface area (Å²) in [5.74, 6) is -0.842. The van der Waals surface area contributed by atoms with Crippen molar-refractivity contribution in [3.05, 3.63) is 131 Å². The Bertz CT molecular complexity index is 1570. The van der Waals surface area contributed by atoms with Crippen LogP contribution >= 0.6 is 11.6 Å². The van der Waals surface area contributed by atoms with Crippen LogP contribution in [0.1, 0.15) is 24.5 Å². The van der Waals surface area contributed by atoms with Gasteiger partial charge in [-0.2, -0.15) is 0 Å². The van der Waals surface area contributed by atoms with E-state index in [9.17, 15) is 18.0 Å². The van der Waals surface area contributed by atoms with Gasteiger partial charge in [-0.25, -0.2) is 8.42 Å². The Balaban J connectivity index is 1.78. The molecule has 7 nitrogen and oxygen atoms in total. The number of hydrogen-bond donors (Lipinski definition) is 1. The van der Waals surface area contributed by atoms with Gasteiger partial charge in [0.2, 0.25) is 11.8 Å². The first-order valence-electron chi connectivity index (χ1n) is 13.8. The van der Waals surface area contributed by atoms with Crippen molar-refractivity contribution in [2.45, 2.75) is 37.2 Å². The van der Waals surface area contributed by atoms with Gasteiger partial charge in [0.05, 0.1) is 15.6 Å². The summed E-state index contributed by atoms with van der Waals surface area (Å²) >= 11 is 6.49. The number of carbonyl (C=O) groups is 2. The van der Waals surface area contributed by atoms with E-state index in [1.165, 1.54) is 17.0 Å². The molecule has 1 atom stereocenters. The average Bonchev–Trinajstić information content (AvgIpc) is 3.02. The van der Waals surface area contributed by atoms with E-state index in [1.54, 1.807) is 42.5 Å². The van der Waals surface area contributed by atoms with E-state index < -0.39 is 28.5 Å². The third-order valence-electron chi connectivity index (χ3n) is 6.75. The molecule has 4 rings (SSSR count). The molecule has 2 amide bonds. The zero-order valence-corrected chi connectivity index (χ0v) is 25.0. The highest BCUT2D eigenvalue weighted by atomic mass is 35.5. The predicted molar refractivity (Wildman–Crippen MR) is 167 cm³/mol. The van der Waals surface area contributed by atoms with Crippen LogP contribution in [0.15, 0.2) is 120 Å². The minimum absolute atomic E-state index is 0.0221. The Kier molecular flexibility index (Phi) is 10.8. The highest BCUT2D eigenvalue weighted by Gasteiger charge is 2.35. The summed E-state index contributed by atoms with van der Waals surface area (Å²) in [6.07, 6.45) is 0.985. The fourth-order valence-corrected chi connectivity index (χ4v) is 6.33. The molecule has 0 unspecified atom stereocenters. The number of benzene rings is 4. The van der Waals surface area contributed by atoms with Crippen molar-refractivity contribution < 1.29 is 18.0 Å². The topological polar surface area (TPSA) is 86.8 Å². The minimum Gasteiger partial charge on any atom is -0.354 e. The fourth-order valence-electron chi connectivity index (χ4n) is 4.59. The second kappa shape index (κ2) is 14.7. The van der Waals surface area contributed by atoms with E-state index in [4.69, 9.17) is 11.6 Å². The van der Waals surface area contributed by atoms with E-state index in [0.29, 0.717) is 6.54 Å². The molecule has 0 spiro atoms. The SMILES string of the molecule is CCCNC(=O)[C@@H](Cc1ccccc1)N(Cc1ccccc1)C(=O)CN(c1ccccc1Cl)S(=O)(=O)c1ccccc1. The van der Waals surface area contributed by atoms with Gasteiger partial charge in [-0.3, -0.25) is 13.9 Å². The van der Waals surface area contributed by atoms with Crippen molar-refractivity contribution >= 4 is 39.1 Å². The lowest BCUT2D eigenvalue weighted by Gasteiger charge is -2.34.